The van der Waals surface area contributed by atoms with Crippen molar-refractivity contribution in [3.8, 4) is 0 Å². The highest BCUT2D eigenvalue weighted by atomic mass is 16.3. The summed E-state index contributed by atoms with van der Waals surface area (Å²) in [6.45, 7) is 0. The number of allylic oxidation sites excluding steroid dienone is 2. The Balaban J connectivity index is 1.70. The van der Waals surface area contributed by atoms with Gasteiger partial charge in [-0.25, -0.2) is 0 Å². The van der Waals surface area contributed by atoms with Gasteiger partial charge in [0.05, 0.1) is 12.2 Å². The smallest absolute Gasteiger partial charge is 0.0838 e. The molecule has 0 aromatic rings. The molecule has 86 valence electrons. The molecule has 0 spiro atoms. The van der Waals surface area contributed by atoms with Crippen LogP contribution in [0.4, 0.5) is 0 Å². The van der Waals surface area contributed by atoms with E-state index in [1.165, 1.54) is 12.8 Å². The maximum atomic E-state index is 10.3. The Bertz CT molecular complexity index is 390. The predicted molar refractivity (Wildman–Crippen MR) is 58.3 cm³/mol. The third-order valence-corrected chi connectivity index (χ3v) is 6.67. The molecule has 8 unspecified atom stereocenters. The first-order valence-corrected chi connectivity index (χ1v) is 6.82. The van der Waals surface area contributed by atoms with Crippen molar-refractivity contribution in [2.45, 2.75) is 25.0 Å². The van der Waals surface area contributed by atoms with Gasteiger partial charge in [0.2, 0.25) is 0 Å². The Morgan fingerprint density at radius 3 is 2.56 bits per heavy atom. The highest BCUT2D eigenvalue weighted by molar-refractivity contribution is 5.26. The summed E-state index contributed by atoms with van der Waals surface area (Å²) in [7, 11) is 0. The topological polar surface area (TPSA) is 40.5 Å². The molecule has 5 aliphatic carbocycles. The molecular weight excluding hydrogens is 200 g/mol. The highest BCUT2D eigenvalue weighted by Gasteiger charge is 2.71. The van der Waals surface area contributed by atoms with Crippen LogP contribution >= 0.6 is 0 Å². The minimum atomic E-state index is -0.435. The standard InChI is InChI=1S/C14H18O2/c15-13-8-4-6-3-5-1-2-7-9(5)10(6)11(8)12(7)14(13)16/h1-2,5-16H,3-4H2/t5?,6?,7?,8?,9?,10?,11?,12?,13-,14+/m1/s1. The summed E-state index contributed by atoms with van der Waals surface area (Å²) < 4.78 is 0. The van der Waals surface area contributed by atoms with E-state index in [4.69, 9.17) is 0 Å². The lowest BCUT2D eigenvalue weighted by Crippen LogP contribution is -2.31. The van der Waals surface area contributed by atoms with E-state index in [1.807, 2.05) is 0 Å². The van der Waals surface area contributed by atoms with Crippen LogP contribution in [0.25, 0.3) is 0 Å². The van der Waals surface area contributed by atoms with Crippen LogP contribution < -0.4 is 0 Å². The van der Waals surface area contributed by atoms with Gasteiger partial charge in [0.25, 0.3) is 0 Å². The Hall–Kier alpha value is -0.340. The molecule has 2 heteroatoms. The van der Waals surface area contributed by atoms with Crippen LogP contribution in [0, 0.1) is 47.3 Å². The van der Waals surface area contributed by atoms with Crippen LogP contribution in [0.15, 0.2) is 12.2 Å². The summed E-state index contributed by atoms with van der Waals surface area (Å²) in [6, 6.07) is 0. The van der Waals surface area contributed by atoms with Crippen molar-refractivity contribution < 1.29 is 10.2 Å². The summed E-state index contributed by atoms with van der Waals surface area (Å²) in [5, 5.41) is 20.4. The van der Waals surface area contributed by atoms with E-state index >= 15 is 0 Å². The van der Waals surface area contributed by atoms with Gasteiger partial charge in [-0.3, -0.25) is 0 Å². The summed E-state index contributed by atoms with van der Waals surface area (Å²) in [5.74, 6) is 5.43. The molecule has 0 saturated heterocycles. The third kappa shape index (κ3) is 0.682. The van der Waals surface area contributed by atoms with Crippen molar-refractivity contribution in [3.63, 3.8) is 0 Å². The average molecular weight is 218 g/mol. The number of hydrogen-bond acceptors (Lipinski definition) is 2. The molecule has 2 nitrogen and oxygen atoms in total. The quantitative estimate of drug-likeness (QED) is 0.596. The maximum Gasteiger partial charge on any atom is 0.0838 e. The zero-order chi connectivity index (χ0) is 10.6. The van der Waals surface area contributed by atoms with Gasteiger partial charge in [-0.15, -0.1) is 0 Å². The molecule has 0 aromatic heterocycles. The Morgan fingerprint density at radius 2 is 1.69 bits per heavy atom. The van der Waals surface area contributed by atoms with Crippen LogP contribution in [0.1, 0.15) is 12.8 Å². The van der Waals surface area contributed by atoms with Crippen LogP contribution in [-0.4, -0.2) is 22.4 Å². The number of fused-ring (bicyclic) bond motifs is 1. The second-order valence-electron chi connectivity index (χ2n) is 6.81. The van der Waals surface area contributed by atoms with E-state index in [0.29, 0.717) is 23.7 Å². The second kappa shape index (κ2) is 2.41. The van der Waals surface area contributed by atoms with Gasteiger partial charge in [-0.1, -0.05) is 12.2 Å². The van der Waals surface area contributed by atoms with E-state index in [9.17, 15) is 10.2 Å². The SMILES string of the molecule is O[C@@H]1C2CC3CC4C=CC5C4C3C2C5[C@@H]1O. The molecule has 16 heavy (non-hydrogen) atoms. The van der Waals surface area contributed by atoms with Crippen LogP contribution in [-0.2, 0) is 0 Å². The van der Waals surface area contributed by atoms with Gasteiger partial charge >= 0.3 is 0 Å². The highest BCUT2D eigenvalue weighted by Crippen LogP contribution is 2.72. The number of rotatable bonds is 0. The second-order valence-corrected chi connectivity index (χ2v) is 6.81. The van der Waals surface area contributed by atoms with Gasteiger partial charge in [0.15, 0.2) is 0 Å². The molecule has 0 aromatic carbocycles. The Kier molecular flexibility index (Phi) is 1.31. The van der Waals surface area contributed by atoms with Crippen molar-refractivity contribution >= 4 is 0 Å². The number of hydrogen-bond donors (Lipinski definition) is 2. The van der Waals surface area contributed by atoms with E-state index in [2.05, 4.69) is 12.2 Å². The molecule has 5 rings (SSSR count). The molecule has 0 amide bonds. The fourth-order valence-electron chi connectivity index (χ4n) is 6.52. The molecule has 0 bridgehead atoms. The van der Waals surface area contributed by atoms with Gasteiger partial charge < -0.3 is 10.2 Å². The lowest BCUT2D eigenvalue weighted by Gasteiger charge is -2.23. The van der Waals surface area contributed by atoms with Crippen LogP contribution in [0.2, 0.25) is 0 Å². The summed E-state index contributed by atoms with van der Waals surface area (Å²) >= 11 is 0. The van der Waals surface area contributed by atoms with Gasteiger partial charge in [0, 0.05) is 0 Å². The minimum Gasteiger partial charge on any atom is -0.390 e. The van der Waals surface area contributed by atoms with E-state index in [1.54, 1.807) is 0 Å². The normalized spacial score (nSPS) is 72.9. The van der Waals surface area contributed by atoms with E-state index in [0.717, 1.165) is 23.7 Å². The van der Waals surface area contributed by atoms with Crippen molar-refractivity contribution in [1.82, 2.24) is 0 Å². The van der Waals surface area contributed by atoms with Crippen LogP contribution in [0.5, 0.6) is 0 Å². The molecule has 10 atom stereocenters. The molecule has 4 fully saturated rings. The zero-order valence-electron chi connectivity index (χ0n) is 9.24. The van der Waals surface area contributed by atoms with Crippen molar-refractivity contribution in [2.75, 3.05) is 0 Å². The first kappa shape index (κ1) is 8.71. The van der Waals surface area contributed by atoms with Gasteiger partial charge in [0.1, 0.15) is 0 Å². The van der Waals surface area contributed by atoms with Gasteiger partial charge in [-0.05, 0) is 60.2 Å². The maximum absolute atomic E-state index is 10.3. The fourth-order valence-corrected chi connectivity index (χ4v) is 6.52. The fraction of sp³-hybridized carbons (Fsp3) is 0.857. The lowest BCUT2D eigenvalue weighted by atomic mass is 9.86. The average Bonchev–Trinajstić information content (AvgIpc) is 2.95. The Morgan fingerprint density at radius 1 is 0.812 bits per heavy atom. The van der Waals surface area contributed by atoms with Crippen molar-refractivity contribution in [3.05, 3.63) is 12.2 Å². The summed E-state index contributed by atoms with van der Waals surface area (Å²) in [4.78, 5) is 0. The largest absolute Gasteiger partial charge is 0.390 e. The monoisotopic (exact) mass is 218 g/mol. The molecule has 0 heterocycles. The van der Waals surface area contributed by atoms with Crippen molar-refractivity contribution in [1.29, 1.82) is 0 Å². The van der Waals surface area contributed by atoms with Crippen molar-refractivity contribution in [2.24, 2.45) is 47.3 Å². The van der Waals surface area contributed by atoms with Crippen LogP contribution in [0.3, 0.4) is 0 Å². The number of aliphatic hydroxyl groups is 2. The van der Waals surface area contributed by atoms with Gasteiger partial charge in [-0.2, -0.15) is 0 Å². The first-order valence-electron chi connectivity index (χ1n) is 6.82. The lowest BCUT2D eigenvalue weighted by molar-refractivity contribution is -0.00729. The number of aliphatic hydroxyl groups excluding tert-OH is 2. The Labute approximate surface area is 95.4 Å². The molecule has 0 radical (unpaired) electrons. The molecule has 5 aliphatic rings. The molecule has 4 saturated carbocycles. The van der Waals surface area contributed by atoms with E-state index in [-0.39, 0.29) is 0 Å². The minimum absolute atomic E-state index is 0.390. The summed E-state index contributed by atoms with van der Waals surface area (Å²) in [6.07, 6.45) is 6.48. The molecule has 0 aliphatic heterocycles. The molecule has 2 N–H and O–H groups in total. The predicted octanol–water partition coefficient (Wildman–Crippen LogP) is 1.04. The molecular formula is C14H18O2. The van der Waals surface area contributed by atoms with E-state index < -0.39 is 12.2 Å². The third-order valence-electron chi connectivity index (χ3n) is 6.67. The zero-order valence-corrected chi connectivity index (χ0v) is 9.24. The summed E-state index contributed by atoms with van der Waals surface area (Å²) in [5.41, 5.74) is 0. The first-order chi connectivity index (χ1) is 7.77.